The van der Waals surface area contributed by atoms with Crippen molar-refractivity contribution in [1.29, 1.82) is 0 Å². The molecule has 1 aliphatic rings. The van der Waals surface area contributed by atoms with E-state index >= 15 is 0 Å². The van der Waals surface area contributed by atoms with Crippen LogP contribution in [-0.2, 0) is 11.3 Å². The number of hydrogen-bond acceptors (Lipinski definition) is 2. The molecule has 0 spiro atoms. The van der Waals surface area contributed by atoms with Gasteiger partial charge in [0, 0.05) is 25.6 Å². The maximum Gasteiger partial charge on any atom is 0.251 e. The minimum absolute atomic E-state index is 0.0952. The third-order valence-electron chi connectivity index (χ3n) is 4.19. The van der Waals surface area contributed by atoms with Crippen LogP contribution in [0.3, 0.4) is 0 Å². The molecule has 0 bridgehead atoms. The van der Waals surface area contributed by atoms with Crippen molar-refractivity contribution < 1.29 is 9.59 Å². The molecule has 0 atom stereocenters. The molecule has 2 amide bonds. The molecular weight excluding hydrogens is 264 g/mol. The van der Waals surface area contributed by atoms with Crippen LogP contribution < -0.4 is 10.6 Å². The zero-order valence-electron chi connectivity index (χ0n) is 12.7. The average molecular weight is 288 g/mol. The summed E-state index contributed by atoms with van der Waals surface area (Å²) in [4.78, 5) is 23.2. The Hall–Kier alpha value is -1.84. The van der Waals surface area contributed by atoms with E-state index in [-0.39, 0.29) is 11.8 Å². The van der Waals surface area contributed by atoms with Crippen molar-refractivity contribution in [3.63, 3.8) is 0 Å². The normalized spacial score (nSPS) is 14.9. The maximum atomic E-state index is 11.8. The first-order valence-electron chi connectivity index (χ1n) is 7.77. The van der Waals surface area contributed by atoms with Crippen LogP contribution in [0.2, 0.25) is 0 Å². The highest BCUT2D eigenvalue weighted by molar-refractivity contribution is 5.93. The quantitative estimate of drug-likeness (QED) is 0.845. The standard InChI is InChI=1S/C17H24N2O2/c1-18-17(21)15-9-6-14(7-10-15)12-19-16(20)11-8-13-4-2-3-5-13/h6-7,9-10,13H,2-5,8,11-12H2,1H3,(H,18,21)(H,19,20). The fraction of sp³-hybridized carbons (Fsp3) is 0.529. The highest BCUT2D eigenvalue weighted by Gasteiger charge is 2.15. The molecule has 0 aliphatic heterocycles. The van der Waals surface area contributed by atoms with Gasteiger partial charge in [-0.15, -0.1) is 0 Å². The van der Waals surface area contributed by atoms with Gasteiger partial charge in [-0.25, -0.2) is 0 Å². The van der Waals surface area contributed by atoms with Gasteiger partial charge in [0.25, 0.3) is 5.91 Å². The molecule has 1 fully saturated rings. The predicted molar refractivity (Wildman–Crippen MR) is 82.9 cm³/mol. The van der Waals surface area contributed by atoms with Crippen molar-refractivity contribution in [2.24, 2.45) is 5.92 Å². The Bertz CT molecular complexity index is 476. The molecule has 2 N–H and O–H groups in total. The predicted octanol–water partition coefficient (Wildman–Crippen LogP) is 2.63. The first kappa shape index (κ1) is 15.5. The number of hydrogen-bond donors (Lipinski definition) is 2. The molecule has 0 radical (unpaired) electrons. The Morgan fingerprint density at radius 1 is 1.14 bits per heavy atom. The SMILES string of the molecule is CNC(=O)c1ccc(CNC(=O)CCC2CCCC2)cc1. The fourth-order valence-corrected chi connectivity index (χ4v) is 2.84. The molecule has 4 nitrogen and oxygen atoms in total. The molecule has 1 saturated carbocycles. The summed E-state index contributed by atoms with van der Waals surface area (Å²) in [6.45, 7) is 0.525. The monoisotopic (exact) mass is 288 g/mol. The van der Waals surface area contributed by atoms with E-state index < -0.39 is 0 Å². The number of nitrogens with one attached hydrogen (secondary N) is 2. The van der Waals surface area contributed by atoms with E-state index in [0.717, 1.165) is 17.9 Å². The Morgan fingerprint density at radius 3 is 2.43 bits per heavy atom. The molecule has 21 heavy (non-hydrogen) atoms. The molecule has 114 valence electrons. The second-order valence-electron chi connectivity index (χ2n) is 5.74. The Kier molecular flexibility index (Phi) is 5.78. The molecule has 0 unspecified atom stereocenters. The van der Waals surface area contributed by atoms with E-state index in [9.17, 15) is 9.59 Å². The number of rotatable bonds is 6. The van der Waals surface area contributed by atoms with Crippen LogP contribution in [0.5, 0.6) is 0 Å². The maximum absolute atomic E-state index is 11.8. The van der Waals surface area contributed by atoms with Crippen molar-refractivity contribution in [2.45, 2.75) is 45.1 Å². The van der Waals surface area contributed by atoms with Crippen molar-refractivity contribution in [3.05, 3.63) is 35.4 Å². The van der Waals surface area contributed by atoms with E-state index in [2.05, 4.69) is 10.6 Å². The van der Waals surface area contributed by atoms with E-state index in [1.165, 1.54) is 25.7 Å². The molecule has 1 aromatic rings. The minimum Gasteiger partial charge on any atom is -0.355 e. The summed E-state index contributed by atoms with van der Waals surface area (Å²) < 4.78 is 0. The van der Waals surface area contributed by atoms with Gasteiger partial charge in [-0.05, 0) is 30.0 Å². The van der Waals surface area contributed by atoms with Crippen LogP contribution in [0, 0.1) is 5.92 Å². The van der Waals surface area contributed by atoms with Crippen LogP contribution in [0.15, 0.2) is 24.3 Å². The van der Waals surface area contributed by atoms with Gasteiger partial charge in [-0.2, -0.15) is 0 Å². The van der Waals surface area contributed by atoms with Crippen molar-refractivity contribution in [2.75, 3.05) is 7.05 Å². The highest BCUT2D eigenvalue weighted by atomic mass is 16.2. The summed E-state index contributed by atoms with van der Waals surface area (Å²) in [7, 11) is 1.61. The largest absolute Gasteiger partial charge is 0.355 e. The second kappa shape index (κ2) is 7.81. The van der Waals surface area contributed by atoms with E-state index in [0.29, 0.717) is 18.5 Å². The number of amides is 2. The van der Waals surface area contributed by atoms with E-state index in [4.69, 9.17) is 0 Å². The van der Waals surface area contributed by atoms with E-state index in [1.54, 1.807) is 19.2 Å². The smallest absolute Gasteiger partial charge is 0.251 e. The van der Waals surface area contributed by atoms with Gasteiger partial charge in [-0.1, -0.05) is 37.8 Å². The molecule has 1 aliphatic carbocycles. The van der Waals surface area contributed by atoms with Gasteiger partial charge in [0.1, 0.15) is 0 Å². The second-order valence-corrected chi connectivity index (χ2v) is 5.74. The Balaban J connectivity index is 1.71. The molecule has 4 heteroatoms. The summed E-state index contributed by atoms with van der Waals surface area (Å²) in [6, 6.07) is 7.31. The summed E-state index contributed by atoms with van der Waals surface area (Å²) in [5.74, 6) is 0.780. The molecule has 0 saturated heterocycles. The third-order valence-corrected chi connectivity index (χ3v) is 4.19. The van der Waals surface area contributed by atoms with Gasteiger partial charge in [0.05, 0.1) is 0 Å². The zero-order valence-corrected chi connectivity index (χ0v) is 12.7. The van der Waals surface area contributed by atoms with Gasteiger partial charge in [-0.3, -0.25) is 9.59 Å². The van der Waals surface area contributed by atoms with Crippen LogP contribution in [0.25, 0.3) is 0 Å². The molecule has 1 aromatic carbocycles. The van der Waals surface area contributed by atoms with Gasteiger partial charge in [0.15, 0.2) is 0 Å². The lowest BCUT2D eigenvalue weighted by molar-refractivity contribution is -0.121. The third kappa shape index (κ3) is 4.88. The van der Waals surface area contributed by atoms with Crippen molar-refractivity contribution in [3.8, 4) is 0 Å². The molecule has 0 heterocycles. The fourth-order valence-electron chi connectivity index (χ4n) is 2.84. The Morgan fingerprint density at radius 2 is 1.81 bits per heavy atom. The zero-order chi connectivity index (χ0) is 15.1. The van der Waals surface area contributed by atoms with Crippen molar-refractivity contribution >= 4 is 11.8 Å². The van der Waals surface area contributed by atoms with Gasteiger partial charge in [0.2, 0.25) is 5.91 Å². The van der Waals surface area contributed by atoms with Crippen LogP contribution in [-0.4, -0.2) is 18.9 Å². The van der Waals surface area contributed by atoms with Crippen LogP contribution in [0.4, 0.5) is 0 Å². The van der Waals surface area contributed by atoms with Crippen LogP contribution in [0.1, 0.15) is 54.4 Å². The van der Waals surface area contributed by atoms with Gasteiger partial charge < -0.3 is 10.6 Å². The van der Waals surface area contributed by atoms with Gasteiger partial charge >= 0.3 is 0 Å². The number of carbonyl (C=O) groups is 2. The molecular formula is C17H24N2O2. The molecule has 2 rings (SSSR count). The summed E-state index contributed by atoms with van der Waals surface area (Å²) in [6.07, 6.45) is 6.86. The number of carbonyl (C=O) groups excluding carboxylic acids is 2. The first-order valence-corrected chi connectivity index (χ1v) is 7.77. The first-order chi connectivity index (χ1) is 10.2. The summed E-state index contributed by atoms with van der Waals surface area (Å²) in [5.41, 5.74) is 1.64. The number of benzene rings is 1. The van der Waals surface area contributed by atoms with Crippen molar-refractivity contribution in [1.82, 2.24) is 10.6 Å². The molecule has 0 aromatic heterocycles. The summed E-state index contributed by atoms with van der Waals surface area (Å²) >= 11 is 0. The average Bonchev–Trinajstić information content (AvgIpc) is 3.04. The lowest BCUT2D eigenvalue weighted by Gasteiger charge is -2.09. The Labute approximate surface area is 126 Å². The summed E-state index contributed by atoms with van der Waals surface area (Å²) in [5, 5.41) is 5.53. The van der Waals surface area contributed by atoms with Crippen LogP contribution >= 0.6 is 0 Å². The minimum atomic E-state index is -0.0952. The van der Waals surface area contributed by atoms with E-state index in [1.807, 2.05) is 12.1 Å². The lowest BCUT2D eigenvalue weighted by Crippen LogP contribution is -2.23. The highest BCUT2D eigenvalue weighted by Crippen LogP contribution is 2.28. The topological polar surface area (TPSA) is 58.2 Å². The lowest BCUT2D eigenvalue weighted by atomic mass is 10.0.